The number of hydrogen-bond acceptors (Lipinski definition) is 5. The van der Waals surface area contributed by atoms with E-state index >= 15 is 0 Å². The van der Waals surface area contributed by atoms with E-state index in [4.69, 9.17) is 9.47 Å². The molecule has 1 aromatic carbocycles. The quantitative estimate of drug-likeness (QED) is 0.558. The molecule has 0 saturated heterocycles. The predicted molar refractivity (Wildman–Crippen MR) is 123 cm³/mol. The fourth-order valence-corrected chi connectivity index (χ4v) is 3.47. The highest BCUT2D eigenvalue weighted by atomic mass is 16.5. The number of benzene rings is 1. The normalized spacial score (nSPS) is 11.8. The number of aryl methyl sites for hydroxylation is 2. The van der Waals surface area contributed by atoms with Crippen LogP contribution in [0.1, 0.15) is 39.9 Å². The zero-order valence-corrected chi connectivity index (χ0v) is 18.9. The average molecular weight is 436 g/mol. The highest BCUT2D eigenvalue weighted by molar-refractivity contribution is 5.95. The molecule has 2 heterocycles. The van der Waals surface area contributed by atoms with Crippen molar-refractivity contribution in [2.75, 3.05) is 13.7 Å². The first-order valence-corrected chi connectivity index (χ1v) is 10.5. The van der Waals surface area contributed by atoms with Crippen molar-refractivity contribution in [1.82, 2.24) is 14.9 Å². The zero-order chi connectivity index (χ0) is 23.1. The monoisotopic (exact) mass is 435 g/mol. The Morgan fingerprint density at radius 1 is 1.16 bits per heavy atom. The molecular formula is C25H29N3O4. The molecule has 1 atom stereocenters. The predicted octanol–water partition coefficient (Wildman–Crippen LogP) is 3.25. The molecule has 1 unspecified atom stereocenters. The number of ether oxygens (including phenoxy) is 2. The molecule has 2 aromatic heterocycles. The van der Waals surface area contributed by atoms with E-state index in [1.807, 2.05) is 67.8 Å². The van der Waals surface area contributed by atoms with Crippen LogP contribution >= 0.6 is 0 Å². The number of carbonyl (C=O) groups is 1. The maximum absolute atomic E-state index is 13.1. The second-order valence-electron chi connectivity index (χ2n) is 7.81. The number of carbonyl (C=O) groups excluding carboxylic acids is 1. The smallest absolute Gasteiger partial charge is 0.257 e. The first-order chi connectivity index (χ1) is 15.4. The third kappa shape index (κ3) is 5.82. The lowest BCUT2D eigenvalue weighted by molar-refractivity contribution is 0.0900. The Morgan fingerprint density at radius 2 is 1.91 bits per heavy atom. The van der Waals surface area contributed by atoms with Gasteiger partial charge >= 0.3 is 0 Å². The summed E-state index contributed by atoms with van der Waals surface area (Å²) in [6, 6.07) is 14.5. The van der Waals surface area contributed by atoms with Gasteiger partial charge in [-0.3, -0.25) is 14.6 Å². The summed E-state index contributed by atoms with van der Waals surface area (Å²) < 4.78 is 13.0. The van der Waals surface area contributed by atoms with E-state index in [-0.39, 0.29) is 23.6 Å². The van der Waals surface area contributed by atoms with Crippen LogP contribution in [0.25, 0.3) is 0 Å². The summed E-state index contributed by atoms with van der Waals surface area (Å²) in [5.74, 6) is 0.213. The van der Waals surface area contributed by atoms with E-state index in [1.165, 1.54) is 6.07 Å². The SMILES string of the molecule is COCC(C)NC(=O)c1c(COc2ccc(C)cc2)n(Cc2ccccn2)c(C)cc1=O. The van der Waals surface area contributed by atoms with Gasteiger partial charge in [-0.2, -0.15) is 0 Å². The fourth-order valence-electron chi connectivity index (χ4n) is 3.47. The lowest BCUT2D eigenvalue weighted by atomic mass is 10.1. The van der Waals surface area contributed by atoms with Gasteiger partial charge in [0.1, 0.15) is 17.9 Å². The molecule has 0 bridgehead atoms. The summed E-state index contributed by atoms with van der Waals surface area (Å²) in [4.78, 5) is 30.4. The molecule has 32 heavy (non-hydrogen) atoms. The Kier molecular flexibility index (Phi) is 7.78. The van der Waals surface area contributed by atoms with Gasteiger partial charge in [-0.25, -0.2) is 0 Å². The van der Waals surface area contributed by atoms with Crippen molar-refractivity contribution < 1.29 is 14.3 Å². The van der Waals surface area contributed by atoms with Gasteiger partial charge in [0.2, 0.25) is 0 Å². The van der Waals surface area contributed by atoms with Crippen molar-refractivity contribution in [3.8, 4) is 5.75 Å². The molecule has 0 aliphatic heterocycles. The Hall–Kier alpha value is -3.45. The van der Waals surface area contributed by atoms with Crippen molar-refractivity contribution in [1.29, 1.82) is 0 Å². The van der Waals surface area contributed by atoms with Crippen LogP contribution in [0.2, 0.25) is 0 Å². The first kappa shape index (κ1) is 23.2. The van der Waals surface area contributed by atoms with Crippen molar-refractivity contribution in [2.45, 2.75) is 40.0 Å². The van der Waals surface area contributed by atoms with Crippen LogP contribution in [0.5, 0.6) is 5.75 Å². The van der Waals surface area contributed by atoms with Crippen molar-refractivity contribution in [3.05, 3.63) is 93.2 Å². The molecule has 7 nitrogen and oxygen atoms in total. The Labute approximate surface area is 188 Å². The van der Waals surface area contributed by atoms with Crippen LogP contribution in [0, 0.1) is 13.8 Å². The minimum Gasteiger partial charge on any atom is -0.487 e. The highest BCUT2D eigenvalue weighted by Crippen LogP contribution is 2.17. The largest absolute Gasteiger partial charge is 0.487 e. The summed E-state index contributed by atoms with van der Waals surface area (Å²) >= 11 is 0. The number of aromatic nitrogens is 2. The molecule has 0 saturated carbocycles. The molecule has 0 fully saturated rings. The Morgan fingerprint density at radius 3 is 2.56 bits per heavy atom. The second kappa shape index (κ2) is 10.7. The van der Waals surface area contributed by atoms with Crippen LogP contribution in [-0.2, 0) is 17.9 Å². The summed E-state index contributed by atoms with van der Waals surface area (Å²) in [5, 5.41) is 2.85. The van der Waals surface area contributed by atoms with Gasteiger partial charge < -0.3 is 19.4 Å². The molecule has 0 aliphatic rings. The summed E-state index contributed by atoms with van der Waals surface area (Å²) in [7, 11) is 1.56. The molecule has 168 valence electrons. The summed E-state index contributed by atoms with van der Waals surface area (Å²) in [6.07, 6.45) is 1.72. The van der Waals surface area contributed by atoms with Crippen molar-refractivity contribution >= 4 is 5.91 Å². The maximum Gasteiger partial charge on any atom is 0.257 e. The minimum atomic E-state index is -0.447. The summed E-state index contributed by atoms with van der Waals surface area (Å²) in [6.45, 7) is 6.48. The van der Waals surface area contributed by atoms with E-state index in [9.17, 15) is 9.59 Å². The number of methoxy groups -OCH3 is 1. The number of hydrogen-bond donors (Lipinski definition) is 1. The Bertz CT molecular complexity index is 1110. The summed E-state index contributed by atoms with van der Waals surface area (Å²) in [5.41, 5.74) is 2.89. The molecule has 0 radical (unpaired) electrons. The first-order valence-electron chi connectivity index (χ1n) is 10.5. The molecule has 3 rings (SSSR count). The van der Waals surface area contributed by atoms with E-state index < -0.39 is 5.91 Å². The van der Waals surface area contributed by atoms with Crippen molar-refractivity contribution in [3.63, 3.8) is 0 Å². The van der Waals surface area contributed by atoms with E-state index in [0.29, 0.717) is 24.6 Å². The molecule has 7 heteroatoms. The lowest BCUT2D eigenvalue weighted by Gasteiger charge is -2.21. The van der Waals surface area contributed by atoms with Gasteiger partial charge in [0, 0.05) is 31.1 Å². The molecule has 0 aliphatic carbocycles. The van der Waals surface area contributed by atoms with Crippen LogP contribution in [-0.4, -0.2) is 35.2 Å². The van der Waals surface area contributed by atoms with E-state index in [2.05, 4.69) is 10.3 Å². The molecule has 3 aromatic rings. The topological polar surface area (TPSA) is 82.4 Å². The molecule has 1 amide bonds. The third-order valence-electron chi connectivity index (χ3n) is 5.09. The fraction of sp³-hybridized carbons (Fsp3) is 0.320. The number of nitrogens with zero attached hydrogens (tertiary/aromatic N) is 2. The van der Waals surface area contributed by atoms with E-state index in [1.54, 1.807) is 13.3 Å². The molecule has 0 spiro atoms. The second-order valence-corrected chi connectivity index (χ2v) is 7.81. The van der Waals surface area contributed by atoms with Gasteiger partial charge in [0.25, 0.3) is 5.91 Å². The van der Waals surface area contributed by atoms with Crippen LogP contribution in [0.4, 0.5) is 0 Å². The number of pyridine rings is 2. The van der Waals surface area contributed by atoms with Crippen LogP contribution in [0.15, 0.2) is 59.5 Å². The number of rotatable bonds is 9. The van der Waals surface area contributed by atoms with Crippen LogP contribution in [0.3, 0.4) is 0 Å². The molecular weight excluding hydrogens is 406 g/mol. The van der Waals surface area contributed by atoms with Crippen molar-refractivity contribution in [2.24, 2.45) is 0 Å². The Balaban J connectivity index is 2.03. The maximum atomic E-state index is 13.1. The van der Waals surface area contributed by atoms with Gasteiger partial charge in [0.05, 0.1) is 24.5 Å². The van der Waals surface area contributed by atoms with Gasteiger partial charge in [-0.15, -0.1) is 0 Å². The zero-order valence-electron chi connectivity index (χ0n) is 18.9. The van der Waals surface area contributed by atoms with Gasteiger partial charge in [-0.1, -0.05) is 23.8 Å². The highest BCUT2D eigenvalue weighted by Gasteiger charge is 2.22. The average Bonchev–Trinajstić information content (AvgIpc) is 2.76. The third-order valence-corrected chi connectivity index (χ3v) is 5.09. The van der Waals surface area contributed by atoms with E-state index in [0.717, 1.165) is 17.0 Å². The van der Waals surface area contributed by atoms with Crippen LogP contribution < -0.4 is 15.5 Å². The minimum absolute atomic E-state index is 0.0637. The number of amides is 1. The number of nitrogens with one attached hydrogen (secondary N) is 1. The molecule has 1 N–H and O–H groups in total. The lowest BCUT2D eigenvalue weighted by Crippen LogP contribution is -2.40. The van der Waals surface area contributed by atoms with Gasteiger partial charge in [0.15, 0.2) is 5.43 Å². The standard InChI is InChI=1S/C25H29N3O4/c1-17-8-10-21(11-9-17)32-16-22-24(25(30)27-18(2)15-31-4)23(29)13-19(3)28(22)14-20-7-5-6-12-26-20/h5-13,18H,14-16H2,1-4H3,(H,27,30). The van der Waals surface area contributed by atoms with Gasteiger partial charge in [-0.05, 0) is 45.0 Å².